The van der Waals surface area contributed by atoms with E-state index < -0.39 is 10.8 Å². The van der Waals surface area contributed by atoms with Gasteiger partial charge in [-0.25, -0.2) is 5.84 Å². The van der Waals surface area contributed by atoms with Crippen molar-refractivity contribution in [3.8, 4) is 0 Å². The van der Waals surface area contributed by atoms with E-state index in [9.17, 15) is 14.9 Å². The number of nitrogens with zero attached hydrogens (tertiary/aromatic N) is 2. The lowest BCUT2D eigenvalue weighted by Gasteiger charge is -1.93. The van der Waals surface area contributed by atoms with Gasteiger partial charge in [0.05, 0.1) is 16.4 Å². The van der Waals surface area contributed by atoms with E-state index >= 15 is 0 Å². The fraction of sp³-hybridized carbons (Fsp3) is 0. The number of carbonyl (C=O) groups is 1. The predicted octanol–water partition coefficient (Wildman–Crippen LogP) is 0.339. The van der Waals surface area contributed by atoms with Gasteiger partial charge >= 0.3 is 0 Å². The Morgan fingerprint density at radius 1 is 1.56 bits per heavy atom. The number of nitrogens with one attached hydrogen (secondary N) is 1. The van der Waals surface area contributed by atoms with Crippen LogP contribution in [0, 0.1) is 10.1 Å². The second-order valence-corrected chi connectivity index (χ2v) is 2.94. The number of fused-ring (bicyclic) bond motifs is 1. The first-order valence-electron chi connectivity index (χ1n) is 4.18. The van der Waals surface area contributed by atoms with Crippen LogP contribution in [0.2, 0.25) is 0 Å². The van der Waals surface area contributed by atoms with Crippen LogP contribution in [0.4, 0.5) is 5.69 Å². The molecule has 0 saturated heterocycles. The van der Waals surface area contributed by atoms with Crippen LogP contribution < -0.4 is 11.3 Å². The van der Waals surface area contributed by atoms with E-state index in [1.807, 2.05) is 5.43 Å². The number of hydrazine groups is 1. The van der Waals surface area contributed by atoms with Crippen molar-refractivity contribution >= 4 is 22.6 Å². The molecular weight excluding hydrogens is 216 g/mol. The molecule has 0 spiro atoms. The molecule has 0 aliphatic rings. The summed E-state index contributed by atoms with van der Waals surface area (Å²) in [5, 5.41) is 14.3. The van der Waals surface area contributed by atoms with Crippen LogP contribution in [-0.2, 0) is 0 Å². The van der Waals surface area contributed by atoms with Gasteiger partial charge in [0.15, 0.2) is 11.3 Å². The van der Waals surface area contributed by atoms with E-state index in [4.69, 9.17) is 10.4 Å². The highest BCUT2D eigenvalue weighted by Crippen LogP contribution is 2.23. The van der Waals surface area contributed by atoms with Crippen molar-refractivity contribution in [2.24, 2.45) is 5.84 Å². The van der Waals surface area contributed by atoms with Gasteiger partial charge in [-0.3, -0.25) is 20.3 Å². The summed E-state index contributed by atoms with van der Waals surface area (Å²) in [5.74, 6) is 4.33. The molecule has 1 heterocycles. The van der Waals surface area contributed by atoms with Crippen LogP contribution in [-0.4, -0.2) is 16.0 Å². The number of benzene rings is 1. The van der Waals surface area contributed by atoms with Crippen molar-refractivity contribution in [3.05, 3.63) is 34.0 Å². The number of nitro groups is 1. The maximum atomic E-state index is 11.2. The van der Waals surface area contributed by atoms with Gasteiger partial charge in [0.25, 0.3) is 11.6 Å². The Morgan fingerprint density at radius 3 is 2.94 bits per heavy atom. The summed E-state index contributed by atoms with van der Waals surface area (Å²) in [5.41, 5.74) is 1.92. The fourth-order valence-corrected chi connectivity index (χ4v) is 1.27. The summed E-state index contributed by atoms with van der Waals surface area (Å²) in [7, 11) is 0. The molecule has 82 valence electrons. The Bertz CT molecular complexity index is 576. The molecule has 0 unspecified atom stereocenters. The maximum absolute atomic E-state index is 11.2. The Balaban J connectivity index is 2.59. The van der Waals surface area contributed by atoms with Crippen LogP contribution in [0.25, 0.3) is 11.0 Å². The smallest absolute Gasteiger partial charge is 0.287 e. The average Bonchev–Trinajstić information content (AvgIpc) is 2.70. The minimum atomic E-state index is -0.618. The van der Waals surface area contributed by atoms with E-state index in [0.717, 1.165) is 0 Å². The van der Waals surface area contributed by atoms with E-state index in [2.05, 4.69) is 5.16 Å². The van der Waals surface area contributed by atoms with Gasteiger partial charge in [0.1, 0.15) is 0 Å². The quantitative estimate of drug-likeness (QED) is 0.326. The van der Waals surface area contributed by atoms with Gasteiger partial charge < -0.3 is 4.52 Å². The zero-order valence-electron chi connectivity index (χ0n) is 7.84. The van der Waals surface area contributed by atoms with E-state index in [1.54, 1.807) is 0 Å². The molecule has 1 amide bonds. The summed E-state index contributed by atoms with van der Waals surface area (Å²) in [6.07, 6.45) is 0. The van der Waals surface area contributed by atoms with Crippen molar-refractivity contribution in [2.75, 3.05) is 0 Å². The number of non-ortho nitro benzene ring substituents is 1. The first-order chi connectivity index (χ1) is 7.63. The Hall–Kier alpha value is -2.48. The Morgan fingerprint density at radius 2 is 2.31 bits per heavy atom. The molecule has 0 fully saturated rings. The number of hydrogen-bond acceptors (Lipinski definition) is 6. The standard InChI is InChI=1S/C8H6N4O4/c9-10-8(13)7-5-2-1-4(12(14)15)3-6(5)16-11-7/h1-3H,9H2,(H,10,13). The molecule has 0 aliphatic carbocycles. The van der Waals surface area contributed by atoms with Crippen LogP contribution >= 0.6 is 0 Å². The Kier molecular flexibility index (Phi) is 2.25. The zero-order chi connectivity index (χ0) is 11.7. The first-order valence-corrected chi connectivity index (χ1v) is 4.18. The fourth-order valence-electron chi connectivity index (χ4n) is 1.27. The minimum Gasteiger partial charge on any atom is -0.355 e. The monoisotopic (exact) mass is 222 g/mol. The molecular formula is C8H6N4O4. The highest BCUT2D eigenvalue weighted by molar-refractivity contribution is 6.04. The van der Waals surface area contributed by atoms with E-state index in [0.29, 0.717) is 5.39 Å². The molecule has 0 aliphatic heterocycles. The van der Waals surface area contributed by atoms with Gasteiger partial charge in [-0.1, -0.05) is 5.16 Å². The number of amides is 1. The molecule has 1 aromatic heterocycles. The van der Waals surface area contributed by atoms with Crippen LogP contribution in [0.5, 0.6) is 0 Å². The lowest BCUT2D eigenvalue weighted by molar-refractivity contribution is -0.384. The molecule has 2 aromatic rings. The maximum Gasteiger partial charge on any atom is 0.287 e. The molecule has 2 rings (SSSR count). The van der Waals surface area contributed by atoms with Gasteiger partial charge in [0.2, 0.25) is 0 Å². The van der Waals surface area contributed by atoms with Crippen molar-refractivity contribution < 1.29 is 14.2 Å². The summed E-state index contributed by atoms with van der Waals surface area (Å²) in [4.78, 5) is 21.1. The topological polar surface area (TPSA) is 124 Å². The number of nitrogens with two attached hydrogens (primary N) is 1. The van der Waals surface area contributed by atoms with Gasteiger partial charge in [-0.05, 0) is 6.07 Å². The highest BCUT2D eigenvalue weighted by atomic mass is 16.6. The predicted molar refractivity (Wildman–Crippen MR) is 52.3 cm³/mol. The number of nitrogen functional groups attached to an aromatic ring is 1. The van der Waals surface area contributed by atoms with Crippen molar-refractivity contribution in [3.63, 3.8) is 0 Å². The van der Waals surface area contributed by atoms with Crippen LogP contribution in [0.3, 0.4) is 0 Å². The summed E-state index contributed by atoms with van der Waals surface area (Å²) in [6, 6.07) is 3.83. The number of carbonyl (C=O) groups excluding carboxylic acids is 1. The third-order valence-electron chi connectivity index (χ3n) is 2.01. The number of nitro benzene ring substituents is 1. The van der Waals surface area contributed by atoms with Crippen LogP contribution in [0.1, 0.15) is 10.5 Å². The largest absolute Gasteiger partial charge is 0.355 e. The van der Waals surface area contributed by atoms with Crippen LogP contribution in [0.15, 0.2) is 22.7 Å². The van der Waals surface area contributed by atoms with Crippen molar-refractivity contribution in [1.82, 2.24) is 10.6 Å². The normalized spacial score (nSPS) is 10.3. The Labute approximate surface area is 88.1 Å². The summed E-state index contributed by atoms with van der Waals surface area (Å²) in [6.45, 7) is 0. The number of hydrogen-bond donors (Lipinski definition) is 2. The highest BCUT2D eigenvalue weighted by Gasteiger charge is 2.17. The molecule has 0 bridgehead atoms. The van der Waals surface area contributed by atoms with Crippen molar-refractivity contribution in [1.29, 1.82) is 0 Å². The third-order valence-corrected chi connectivity index (χ3v) is 2.01. The molecule has 16 heavy (non-hydrogen) atoms. The van der Waals surface area contributed by atoms with Gasteiger partial charge in [-0.15, -0.1) is 0 Å². The minimum absolute atomic E-state index is 0.00704. The molecule has 0 radical (unpaired) electrons. The van der Waals surface area contributed by atoms with Gasteiger partial charge in [0, 0.05) is 6.07 Å². The van der Waals surface area contributed by atoms with E-state index in [-0.39, 0.29) is 17.0 Å². The average molecular weight is 222 g/mol. The lowest BCUT2D eigenvalue weighted by atomic mass is 10.2. The zero-order valence-corrected chi connectivity index (χ0v) is 7.84. The second-order valence-electron chi connectivity index (χ2n) is 2.94. The lowest BCUT2D eigenvalue weighted by Crippen LogP contribution is -2.30. The summed E-state index contributed by atoms with van der Waals surface area (Å²) >= 11 is 0. The molecule has 8 nitrogen and oxygen atoms in total. The van der Waals surface area contributed by atoms with Gasteiger partial charge in [-0.2, -0.15) is 0 Å². The third kappa shape index (κ3) is 1.46. The molecule has 8 heteroatoms. The number of rotatable bonds is 2. The number of aromatic nitrogens is 1. The molecule has 3 N–H and O–H groups in total. The summed E-state index contributed by atoms with van der Waals surface area (Å²) < 4.78 is 4.79. The molecule has 0 atom stereocenters. The second kappa shape index (κ2) is 3.59. The first kappa shape index (κ1) is 10.1. The van der Waals surface area contributed by atoms with Crippen molar-refractivity contribution in [2.45, 2.75) is 0 Å². The SMILES string of the molecule is NNC(=O)c1noc2cc([N+](=O)[O-])ccc12. The molecule has 0 saturated carbocycles. The molecule has 1 aromatic carbocycles. The van der Waals surface area contributed by atoms with E-state index in [1.165, 1.54) is 18.2 Å².